The Hall–Kier alpha value is -3.23. The minimum Gasteiger partial charge on any atom is -0.489 e. The fourth-order valence-electron chi connectivity index (χ4n) is 3.79. The summed E-state index contributed by atoms with van der Waals surface area (Å²) in [5, 5.41) is 2.98. The number of sulfonamides is 1. The van der Waals surface area contributed by atoms with Crippen LogP contribution < -0.4 is 10.1 Å². The van der Waals surface area contributed by atoms with Gasteiger partial charge in [-0.05, 0) is 48.7 Å². The molecule has 0 saturated carbocycles. The Balaban J connectivity index is 1.23. The number of hydrogen-bond donors (Lipinski definition) is 1. The van der Waals surface area contributed by atoms with E-state index in [0.717, 1.165) is 16.9 Å². The molecule has 0 spiro atoms. The van der Waals surface area contributed by atoms with E-state index in [1.165, 1.54) is 4.31 Å². The summed E-state index contributed by atoms with van der Waals surface area (Å²) >= 11 is 0. The Kier molecular flexibility index (Phi) is 7.36. The molecule has 0 atom stereocenters. The standard InChI is InChI=1S/C25H27N3O4S/c29-25(22-12-15-28(16-13-22)33(30,31)24-6-2-1-3-7-24)27-18-20-8-10-23(11-9-20)32-19-21-5-4-14-26-17-21/h1-11,14,17,22H,12-13,15-16,18-19H2,(H,27,29). The van der Waals surface area contributed by atoms with Crippen LogP contribution in [0.1, 0.15) is 24.0 Å². The summed E-state index contributed by atoms with van der Waals surface area (Å²) in [6.45, 7) is 1.56. The number of ether oxygens (including phenoxy) is 1. The first-order chi connectivity index (χ1) is 16.0. The van der Waals surface area contributed by atoms with E-state index in [0.29, 0.717) is 44.0 Å². The molecule has 3 aromatic rings. The second-order valence-electron chi connectivity index (χ2n) is 8.00. The third-order valence-corrected chi connectivity index (χ3v) is 7.64. The van der Waals surface area contributed by atoms with Crippen LogP contribution in [0.5, 0.6) is 5.75 Å². The number of nitrogens with zero attached hydrogens (tertiary/aromatic N) is 2. The third kappa shape index (κ3) is 5.97. The lowest BCUT2D eigenvalue weighted by Crippen LogP contribution is -2.42. The zero-order valence-electron chi connectivity index (χ0n) is 18.3. The van der Waals surface area contributed by atoms with Crippen molar-refractivity contribution in [1.82, 2.24) is 14.6 Å². The predicted molar refractivity (Wildman–Crippen MR) is 125 cm³/mol. The summed E-state index contributed by atoms with van der Waals surface area (Å²) in [6.07, 6.45) is 4.52. The lowest BCUT2D eigenvalue weighted by Gasteiger charge is -2.30. The number of carbonyl (C=O) groups is 1. The summed E-state index contributed by atoms with van der Waals surface area (Å²) in [5.74, 6) is 0.527. The molecule has 33 heavy (non-hydrogen) atoms. The number of rotatable bonds is 8. The van der Waals surface area contributed by atoms with E-state index < -0.39 is 10.0 Å². The third-order valence-electron chi connectivity index (χ3n) is 5.72. The van der Waals surface area contributed by atoms with Gasteiger partial charge in [0.15, 0.2) is 0 Å². The number of aromatic nitrogens is 1. The molecule has 7 nitrogen and oxygen atoms in total. The van der Waals surface area contributed by atoms with Crippen molar-refractivity contribution in [3.05, 3.63) is 90.3 Å². The van der Waals surface area contributed by atoms with Gasteiger partial charge in [0.25, 0.3) is 0 Å². The Morgan fingerprint density at radius 2 is 1.70 bits per heavy atom. The quantitative estimate of drug-likeness (QED) is 0.551. The Bertz CT molecular complexity index is 1150. The molecule has 1 amide bonds. The van der Waals surface area contributed by atoms with Gasteiger partial charge in [-0.1, -0.05) is 36.4 Å². The molecular formula is C25H27N3O4S. The van der Waals surface area contributed by atoms with Crippen LogP contribution in [0.4, 0.5) is 0 Å². The SMILES string of the molecule is O=C(NCc1ccc(OCc2cccnc2)cc1)C1CCN(S(=O)(=O)c2ccccc2)CC1. The highest BCUT2D eigenvalue weighted by atomic mass is 32.2. The van der Waals surface area contributed by atoms with Gasteiger partial charge in [-0.2, -0.15) is 4.31 Å². The highest BCUT2D eigenvalue weighted by molar-refractivity contribution is 7.89. The van der Waals surface area contributed by atoms with Crippen LogP contribution in [-0.2, 0) is 28.0 Å². The first kappa shape index (κ1) is 22.9. The fraction of sp³-hybridized carbons (Fsp3) is 0.280. The summed E-state index contributed by atoms with van der Waals surface area (Å²) < 4.78 is 32.7. The van der Waals surface area contributed by atoms with Crippen molar-refractivity contribution in [3.8, 4) is 5.75 Å². The maximum Gasteiger partial charge on any atom is 0.243 e. The van der Waals surface area contributed by atoms with E-state index in [1.54, 1.807) is 42.7 Å². The van der Waals surface area contributed by atoms with Gasteiger partial charge in [0.2, 0.25) is 15.9 Å². The van der Waals surface area contributed by atoms with Gasteiger partial charge in [0, 0.05) is 43.5 Å². The van der Waals surface area contributed by atoms with Gasteiger partial charge in [0.1, 0.15) is 12.4 Å². The molecule has 0 unspecified atom stereocenters. The molecule has 1 saturated heterocycles. The lowest BCUT2D eigenvalue weighted by atomic mass is 9.97. The Labute approximate surface area is 194 Å². The van der Waals surface area contributed by atoms with Crippen LogP contribution in [0, 0.1) is 5.92 Å². The van der Waals surface area contributed by atoms with Crippen molar-refractivity contribution in [2.75, 3.05) is 13.1 Å². The zero-order chi connectivity index (χ0) is 23.1. The van der Waals surface area contributed by atoms with E-state index in [-0.39, 0.29) is 11.8 Å². The average Bonchev–Trinajstić information content (AvgIpc) is 2.88. The van der Waals surface area contributed by atoms with E-state index in [1.807, 2.05) is 36.4 Å². The number of benzene rings is 2. The number of piperidine rings is 1. The fourth-order valence-corrected chi connectivity index (χ4v) is 5.28. The van der Waals surface area contributed by atoms with Crippen molar-refractivity contribution in [1.29, 1.82) is 0 Å². The van der Waals surface area contributed by atoms with Crippen molar-refractivity contribution in [3.63, 3.8) is 0 Å². The van der Waals surface area contributed by atoms with Crippen LogP contribution in [-0.4, -0.2) is 36.7 Å². The monoisotopic (exact) mass is 465 g/mol. The molecule has 1 aromatic heterocycles. The first-order valence-corrected chi connectivity index (χ1v) is 12.4. The van der Waals surface area contributed by atoms with Gasteiger partial charge in [0.05, 0.1) is 4.90 Å². The zero-order valence-corrected chi connectivity index (χ0v) is 19.1. The van der Waals surface area contributed by atoms with Crippen LogP contribution >= 0.6 is 0 Å². The van der Waals surface area contributed by atoms with Crippen molar-refractivity contribution in [2.45, 2.75) is 30.9 Å². The Morgan fingerprint density at radius 1 is 0.970 bits per heavy atom. The van der Waals surface area contributed by atoms with E-state index in [2.05, 4.69) is 10.3 Å². The number of pyridine rings is 1. The molecule has 1 aliphatic rings. The summed E-state index contributed by atoms with van der Waals surface area (Å²) in [4.78, 5) is 17.0. The van der Waals surface area contributed by atoms with Crippen molar-refractivity contribution in [2.24, 2.45) is 5.92 Å². The van der Waals surface area contributed by atoms with Gasteiger partial charge < -0.3 is 10.1 Å². The Morgan fingerprint density at radius 3 is 2.36 bits per heavy atom. The molecule has 1 fully saturated rings. The predicted octanol–water partition coefficient (Wildman–Crippen LogP) is 3.38. The van der Waals surface area contributed by atoms with Crippen LogP contribution in [0.2, 0.25) is 0 Å². The van der Waals surface area contributed by atoms with Gasteiger partial charge in [-0.15, -0.1) is 0 Å². The molecule has 172 valence electrons. The van der Waals surface area contributed by atoms with Crippen LogP contribution in [0.3, 0.4) is 0 Å². The number of amides is 1. The van der Waals surface area contributed by atoms with Crippen LogP contribution in [0.25, 0.3) is 0 Å². The first-order valence-electron chi connectivity index (χ1n) is 11.0. The summed E-state index contributed by atoms with van der Waals surface area (Å²) in [5.41, 5.74) is 1.97. The van der Waals surface area contributed by atoms with Gasteiger partial charge in [-0.3, -0.25) is 9.78 Å². The lowest BCUT2D eigenvalue weighted by molar-refractivity contribution is -0.126. The molecule has 1 aliphatic heterocycles. The maximum atomic E-state index is 12.7. The summed E-state index contributed by atoms with van der Waals surface area (Å²) in [7, 11) is -3.51. The van der Waals surface area contributed by atoms with Crippen molar-refractivity contribution < 1.29 is 17.9 Å². The van der Waals surface area contributed by atoms with E-state index in [9.17, 15) is 13.2 Å². The molecule has 0 bridgehead atoms. The minimum atomic E-state index is -3.51. The van der Waals surface area contributed by atoms with Gasteiger partial charge >= 0.3 is 0 Å². The largest absolute Gasteiger partial charge is 0.489 e. The van der Waals surface area contributed by atoms with E-state index >= 15 is 0 Å². The molecule has 2 heterocycles. The topological polar surface area (TPSA) is 88.6 Å². The van der Waals surface area contributed by atoms with Gasteiger partial charge in [-0.25, -0.2) is 8.42 Å². The second-order valence-corrected chi connectivity index (χ2v) is 9.94. The normalized spacial score (nSPS) is 15.2. The smallest absolute Gasteiger partial charge is 0.243 e. The molecule has 2 aromatic carbocycles. The highest BCUT2D eigenvalue weighted by Crippen LogP contribution is 2.24. The van der Waals surface area contributed by atoms with E-state index in [4.69, 9.17) is 4.74 Å². The molecule has 0 aliphatic carbocycles. The number of hydrogen-bond acceptors (Lipinski definition) is 5. The second kappa shape index (κ2) is 10.6. The molecule has 0 radical (unpaired) electrons. The number of carbonyl (C=O) groups excluding carboxylic acids is 1. The molecular weight excluding hydrogens is 438 g/mol. The average molecular weight is 466 g/mol. The highest BCUT2D eigenvalue weighted by Gasteiger charge is 2.31. The molecule has 1 N–H and O–H groups in total. The number of nitrogens with one attached hydrogen (secondary N) is 1. The molecule has 8 heteroatoms. The maximum absolute atomic E-state index is 12.7. The molecule has 4 rings (SSSR count). The van der Waals surface area contributed by atoms with Crippen molar-refractivity contribution >= 4 is 15.9 Å². The minimum absolute atomic E-state index is 0.0383. The van der Waals surface area contributed by atoms with Crippen LogP contribution in [0.15, 0.2) is 84.0 Å². The summed E-state index contributed by atoms with van der Waals surface area (Å²) in [6, 6.07) is 19.9.